The molecule has 0 aliphatic carbocycles. The van der Waals surface area contributed by atoms with Crippen molar-refractivity contribution < 1.29 is 0 Å². The van der Waals surface area contributed by atoms with Gasteiger partial charge in [-0.15, -0.1) is 12.3 Å². The van der Waals surface area contributed by atoms with Gasteiger partial charge in [0, 0.05) is 12.6 Å². The fourth-order valence-electron chi connectivity index (χ4n) is 1.56. The van der Waals surface area contributed by atoms with Gasteiger partial charge in [-0.2, -0.15) is 0 Å². The summed E-state index contributed by atoms with van der Waals surface area (Å²) in [7, 11) is 0. The highest BCUT2D eigenvalue weighted by Gasteiger charge is 2.12. The van der Waals surface area contributed by atoms with E-state index >= 15 is 0 Å². The molecule has 0 aliphatic heterocycles. The molecule has 0 amide bonds. The maximum atomic E-state index is 5.37. The summed E-state index contributed by atoms with van der Waals surface area (Å²) in [5, 5.41) is 3.42. The van der Waals surface area contributed by atoms with Crippen molar-refractivity contribution in [3.05, 3.63) is 29.6 Å². The minimum atomic E-state index is 0.191. The van der Waals surface area contributed by atoms with E-state index in [1.807, 2.05) is 12.3 Å². The summed E-state index contributed by atoms with van der Waals surface area (Å²) in [5.41, 5.74) is 2.27. The zero-order valence-corrected chi connectivity index (χ0v) is 9.46. The molecule has 2 heteroatoms. The minimum absolute atomic E-state index is 0.191. The Hall–Kier alpha value is -1.33. The molecule has 0 aliphatic rings. The molecular weight excluding hydrogens is 184 g/mol. The molecule has 15 heavy (non-hydrogen) atoms. The number of nitrogens with one attached hydrogen (secondary N) is 1. The Labute approximate surface area is 92.1 Å². The molecule has 0 saturated heterocycles. The van der Waals surface area contributed by atoms with Crippen LogP contribution in [0.5, 0.6) is 0 Å². The van der Waals surface area contributed by atoms with Gasteiger partial charge in [0.25, 0.3) is 0 Å². The third-order valence-electron chi connectivity index (χ3n) is 2.34. The van der Waals surface area contributed by atoms with Gasteiger partial charge in [0.1, 0.15) is 0 Å². The van der Waals surface area contributed by atoms with Crippen LogP contribution >= 0.6 is 0 Å². The summed E-state index contributed by atoms with van der Waals surface area (Å²) in [4.78, 5) is 4.39. The lowest BCUT2D eigenvalue weighted by Crippen LogP contribution is -2.23. The number of pyridine rings is 1. The first-order valence-corrected chi connectivity index (χ1v) is 5.38. The van der Waals surface area contributed by atoms with Gasteiger partial charge in [0.15, 0.2) is 0 Å². The van der Waals surface area contributed by atoms with E-state index in [1.165, 1.54) is 5.56 Å². The summed E-state index contributed by atoms with van der Waals surface area (Å²) in [6.45, 7) is 5.19. The third kappa shape index (κ3) is 3.38. The normalized spacial score (nSPS) is 12.1. The number of hydrogen-bond acceptors (Lipinski definition) is 2. The van der Waals surface area contributed by atoms with Crippen LogP contribution in [0.25, 0.3) is 0 Å². The summed E-state index contributed by atoms with van der Waals surface area (Å²) in [6, 6.07) is 4.21. The molecule has 2 nitrogen and oxygen atoms in total. The molecule has 0 saturated carbocycles. The number of hydrogen-bond donors (Lipinski definition) is 1. The molecule has 1 rings (SSSR count). The third-order valence-corrected chi connectivity index (χ3v) is 2.34. The first-order valence-electron chi connectivity index (χ1n) is 5.38. The van der Waals surface area contributed by atoms with Crippen LogP contribution in [-0.4, -0.2) is 11.5 Å². The van der Waals surface area contributed by atoms with Gasteiger partial charge < -0.3 is 5.32 Å². The van der Waals surface area contributed by atoms with Crippen molar-refractivity contribution in [2.45, 2.75) is 32.7 Å². The number of terminal acetylenes is 1. The van der Waals surface area contributed by atoms with E-state index in [9.17, 15) is 0 Å². The number of aromatic nitrogens is 1. The zero-order valence-electron chi connectivity index (χ0n) is 9.46. The molecule has 0 radical (unpaired) electrons. The van der Waals surface area contributed by atoms with Gasteiger partial charge in [-0.1, -0.05) is 13.0 Å². The minimum Gasteiger partial charge on any atom is -0.308 e. The summed E-state index contributed by atoms with van der Waals surface area (Å²) < 4.78 is 0. The SMILES string of the molecule is C#CCC(NCCC)c1ncccc1C. The number of rotatable bonds is 5. The second-order valence-corrected chi connectivity index (χ2v) is 3.62. The number of aryl methyl sites for hydroxylation is 1. The summed E-state index contributed by atoms with van der Waals surface area (Å²) >= 11 is 0. The van der Waals surface area contributed by atoms with Crippen LogP contribution in [0.1, 0.15) is 37.1 Å². The van der Waals surface area contributed by atoms with Gasteiger partial charge in [0.2, 0.25) is 0 Å². The van der Waals surface area contributed by atoms with Gasteiger partial charge in [-0.25, -0.2) is 0 Å². The average Bonchev–Trinajstić information content (AvgIpc) is 2.25. The Morgan fingerprint density at radius 3 is 3.00 bits per heavy atom. The standard InChI is InChI=1S/C13H18N2/c1-4-7-12(14-9-5-2)13-11(3)8-6-10-15-13/h1,6,8,10,12,14H,5,7,9H2,2-3H3. The van der Waals surface area contributed by atoms with Crippen LogP contribution in [0.2, 0.25) is 0 Å². The molecule has 1 heterocycles. The van der Waals surface area contributed by atoms with E-state index in [0.717, 1.165) is 18.7 Å². The van der Waals surface area contributed by atoms with Crippen LogP contribution in [0.4, 0.5) is 0 Å². The van der Waals surface area contributed by atoms with Gasteiger partial charge in [-0.05, 0) is 31.5 Å². The highest BCUT2D eigenvalue weighted by atomic mass is 14.9. The monoisotopic (exact) mass is 202 g/mol. The maximum absolute atomic E-state index is 5.37. The van der Waals surface area contributed by atoms with E-state index in [2.05, 4.69) is 36.1 Å². The Morgan fingerprint density at radius 2 is 2.40 bits per heavy atom. The molecular formula is C13H18N2. The Kier molecular flexibility index (Phi) is 4.86. The van der Waals surface area contributed by atoms with Crippen molar-refractivity contribution in [3.8, 4) is 12.3 Å². The maximum Gasteiger partial charge on any atom is 0.0612 e. The van der Waals surface area contributed by atoms with E-state index in [1.54, 1.807) is 0 Å². The van der Waals surface area contributed by atoms with E-state index < -0.39 is 0 Å². The fraction of sp³-hybridized carbons (Fsp3) is 0.462. The zero-order chi connectivity index (χ0) is 11.1. The molecule has 0 spiro atoms. The Morgan fingerprint density at radius 1 is 1.60 bits per heavy atom. The highest BCUT2D eigenvalue weighted by molar-refractivity contribution is 5.22. The largest absolute Gasteiger partial charge is 0.308 e. The van der Waals surface area contributed by atoms with Crippen LogP contribution < -0.4 is 5.32 Å². The topological polar surface area (TPSA) is 24.9 Å². The average molecular weight is 202 g/mol. The lowest BCUT2D eigenvalue weighted by atomic mass is 10.1. The summed E-state index contributed by atoms with van der Waals surface area (Å²) in [5.74, 6) is 2.70. The lowest BCUT2D eigenvalue weighted by molar-refractivity contribution is 0.528. The number of nitrogens with zero attached hydrogens (tertiary/aromatic N) is 1. The van der Waals surface area contributed by atoms with Crippen LogP contribution in [-0.2, 0) is 0 Å². The Balaban J connectivity index is 2.79. The quantitative estimate of drug-likeness (QED) is 0.742. The highest BCUT2D eigenvalue weighted by Crippen LogP contribution is 2.17. The molecule has 1 unspecified atom stereocenters. The van der Waals surface area contributed by atoms with E-state index in [-0.39, 0.29) is 6.04 Å². The molecule has 1 aromatic heterocycles. The van der Waals surface area contributed by atoms with Crippen LogP contribution in [0.15, 0.2) is 18.3 Å². The molecule has 1 aromatic rings. The molecule has 0 fully saturated rings. The van der Waals surface area contributed by atoms with Crippen molar-refractivity contribution in [3.63, 3.8) is 0 Å². The second kappa shape index (κ2) is 6.21. The van der Waals surface area contributed by atoms with Crippen molar-refractivity contribution in [1.82, 2.24) is 10.3 Å². The Bertz CT molecular complexity index is 339. The fourth-order valence-corrected chi connectivity index (χ4v) is 1.56. The lowest BCUT2D eigenvalue weighted by Gasteiger charge is -2.17. The van der Waals surface area contributed by atoms with Crippen molar-refractivity contribution in [1.29, 1.82) is 0 Å². The van der Waals surface area contributed by atoms with Crippen LogP contribution in [0.3, 0.4) is 0 Å². The van der Waals surface area contributed by atoms with Crippen LogP contribution in [0, 0.1) is 19.3 Å². The molecule has 1 atom stereocenters. The molecule has 1 N–H and O–H groups in total. The van der Waals surface area contributed by atoms with Crippen molar-refractivity contribution >= 4 is 0 Å². The van der Waals surface area contributed by atoms with Gasteiger partial charge >= 0.3 is 0 Å². The second-order valence-electron chi connectivity index (χ2n) is 3.62. The van der Waals surface area contributed by atoms with E-state index in [4.69, 9.17) is 6.42 Å². The predicted octanol–water partition coefficient (Wildman–Crippen LogP) is 2.45. The van der Waals surface area contributed by atoms with Gasteiger partial charge in [-0.3, -0.25) is 4.98 Å². The summed E-state index contributed by atoms with van der Waals surface area (Å²) in [6.07, 6.45) is 8.99. The van der Waals surface area contributed by atoms with Crippen molar-refractivity contribution in [2.75, 3.05) is 6.54 Å². The first-order chi connectivity index (χ1) is 7.29. The molecule has 0 bridgehead atoms. The predicted molar refractivity (Wildman–Crippen MR) is 63.5 cm³/mol. The smallest absolute Gasteiger partial charge is 0.0612 e. The van der Waals surface area contributed by atoms with E-state index in [0.29, 0.717) is 6.42 Å². The first kappa shape index (κ1) is 11.7. The van der Waals surface area contributed by atoms with Gasteiger partial charge in [0.05, 0.1) is 11.7 Å². The molecule has 80 valence electrons. The molecule has 0 aromatic carbocycles. The van der Waals surface area contributed by atoms with Crippen molar-refractivity contribution in [2.24, 2.45) is 0 Å².